The Morgan fingerprint density at radius 2 is 1.94 bits per heavy atom. The second kappa shape index (κ2) is 7.67. The molecule has 1 fully saturated rings. The lowest BCUT2D eigenvalue weighted by Gasteiger charge is -2.26. The number of rotatable bonds is 6. The number of hydrogen-bond acceptors (Lipinski definition) is 3. The molecular weight excluding hydrogens is 214 g/mol. The summed E-state index contributed by atoms with van der Waals surface area (Å²) in [5, 5.41) is 3.04. The molecule has 17 heavy (non-hydrogen) atoms. The number of nitrogens with one attached hydrogen (secondary N) is 1. The summed E-state index contributed by atoms with van der Waals surface area (Å²) in [4.78, 5) is 14.0. The smallest absolute Gasteiger partial charge is 0.223 e. The van der Waals surface area contributed by atoms with Crippen LogP contribution in [0.25, 0.3) is 0 Å². The number of nitrogens with zero attached hydrogens (tertiary/aromatic N) is 1. The van der Waals surface area contributed by atoms with Crippen molar-refractivity contribution in [3.8, 4) is 0 Å². The third-order valence-electron chi connectivity index (χ3n) is 3.63. The zero-order chi connectivity index (χ0) is 12.7. The zero-order valence-corrected chi connectivity index (χ0v) is 11.2. The molecule has 0 aromatic rings. The molecule has 0 aromatic carbocycles. The van der Waals surface area contributed by atoms with Crippen LogP contribution >= 0.6 is 0 Å². The molecule has 100 valence electrons. The van der Waals surface area contributed by atoms with Gasteiger partial charge < -0.3 is 16.0 Å². The first-order valence-electron chi connectivity index (χ1n) is 6.76. The summed E-state index contributed by atoms with van der Waals surface area (Å²) in [6, 6.07) is 0. The van der Waals surface area contributed by atoms with Crippen LogP contribution in [0.4, 0.5) is 0 Å². The second-order valence-electron chi connectivity index (χ2n) is 5.40. The summed E-state index contributed by atoms with van der Waals surface area (Å²) in [7, 11) is 4.10. The van der Waals surface area contributed by atoms with Gasteiger partial charge in [0, 0.05) is 12.5 Å². The Bertz CT molecular complexity index is 223. The molecule has 0 aromatic heterocycles. The maximum Gasteiger partial charge on any atom is 0.223 e. The fraction of sp³-hybridized carbons (Fsp3) is 0.923. The lowest BCUT2D eigenvalue weighted by atomic mass is 9.81. The number of carbonyl (C=O) groups excluding carboxylic acids is 1. The van der Waals surface area contributed by atoms with Gasteiger partial charge in [0.05, 0.1) is 0 Å². The lowest BCUT2D eigenvalue weighted by molar-refractivity contribution is -0.126. The third kappa shape index (κ3) is 5.50. The molecule has 0 unspecified atom stereocenters. The van der Waals surface area contributed by atoms with Crippen molar-refractivity contribution in [1.29, 1.82) is 0 Å². The molecule has 0 heterocycles. The molecule has 1 rings (SSSR count). The van der Waals surface area contributed by atoms with Crippen LogP contribution in [0, 0.1) is 11.8 Å². The Hall–Kier alpha value is -0.610. The van der Waals surface area contributed by atoms with Gasteiger partial charge in [0.25, 0.3) is 0 Å². The van der Waals surface area contributed by atoms with Crippen LogP contribution in [-0.2, 0) is 4.79 Å². The standard InChI is InChI=1S/C13H27N3O/c1-16(2)9-3-8-15-13(17)12-6-4-11(10-14)5-7-12/h11-12H,3-10,14H2,1-2H3,(H,15,17). The molecule has 1 saturated carbocycles. The van der Waals surface area contributed by atoms with Crippen molar-refractivity contribution in [2.45, 2.75) is 32.1 Å². The number of amides is 1. The molecular formula is C13H27N3O. The summed E-state index contributed by atoms with van der Waals surface area (Å²) in [5.74, 6) is 1.13. The minimum absolute atomic E-state index is 0.233. The lowest BCUT2D eigenvalue weighted by Crippen LogP contribution is -2.35. The van der Waals surface area contributed by atoms with E-state index < -0.39 is 0 Å². The van der Waals surface area contributed by atoms with Crippen LogP contribution in [0.15, 0.2) is 0 Å². The molecule has 0 saturated heterocycles. The molecule has 1 aliphatic rings. The van der Waals surface area contributed by atoms with E-state index in [2.05, 4.69) is 24.3 Å². The van der Waals surface area contributed by atoms with E-state index in [4.69, 9.17) is 5.73 Å². The first kappa shape index (κ1) is 14.5. The predicted octanol–water partition coefficient (Wildman–Crippen LogP) is 0.819. The van der Waals surface area contributed by atoms with Gasteiger partial charge in [-0.2, -0.15) is 0 Å². The molecule has 4 heteroatoms. The van der Waals surface area contributed by atoms with Crippen molar-refractivity contribution in [3.05, 3.63) is 0 Å². The Morgan fingerprint density at radius 1 is 1.29 bits per heavy atom. The van der Waals surface area contributed by atoms with Crippen molar-refractivity contribution >= 4 is 5.91 Å². The fourth-order valence-electron chi connectivity index (χ4n) is 2.41. The maximum atomic E-state index is 11.9. The molecule has 0 radical (unpaired) electrons. The molecule has 1 amide bonds. The highest BCUT2D eigenvalue weighted by Gasteiger charge is 2.25. The van der Waals surface area contributed by atoms with Gasteiger partial charge in [-0.1, -0.05) is 0 Å². The van der Waals surface area contributed by atoms with Crippen LogP contribution in [-0.4, -0.2) is 44.5 Å². The van der Waals surface area contributed by atoms with E-state index in [0.29, 0.717) is 5.92 Å². The molecule has 4 nitrogen and oxygen atoms in total. The van der Waals surface area contributed by atoms with Crippen LogP contribution in [0.3, 0.4) is 0 Å². The summed E-state index contributed by atoms with van der Waals surface area (Å²) < 4.78 is 0. The van der Waals surface area contributed by atoms with Crippen LogP contribution in [0.1, 0.15) is 32.1 Å². The van der Waals surface area contributed by atoms with Gasteiger partial charge in [0.1, 0.15) is 0 Å². The summed E-state index contributed by atoms with van der Waals surface area (Å²) in [6.45, 7) is 2.60. The largest absolute Gasteiger partial charge is 0.356 e. The van der Waals surface area contributed by atoms with Gasteiger partial charge in [-0.15, -0.1) is 0 Å². The average molecular weight is 241 g/mol. The molecule has 3 N–H and O–H groups in total. The summed E-state index contributed by atoms with van der Waals surface area (Å²) >= 11 is 0. The van der Waals surface area contributed by atoms with E-state index in [1.165, 1.54) is 0 Å². The minimum atomic E-state index is 0.233. The first-order chi connectivity index (χ1) is 8.13. The summed E-state index contributed by atoms with van der Waals surface area (Å²) in [5.41, 5.74) is 5.65. The summed E-state index contributed by atoms with van der Waals surface area (Å²) in [6.07, 6.45) is 5.29. The van der Waals surface area contributed by atoms with Crippen LogP contribution in [0.2, 0.25) is 0 Å². The van der Waals surface area contributed by atoms with Gasteiger partial charge in [0.15, 0.2) is 0 Å². The highest BCUT2D eigenvalue weighted by atomic mass is 16.1. The molecule has 1 aliphatic carbocycles. The van der Waals surface area contributed by atoms with E-state index in [-0.39, 0.29) is 11.8 Å². The molecule has 0 spiro atoms. The molecule has 0 bridgehead atoms. The van der Waals surface area contributed by atoms with E-state index >= 15 is 0 Å². The van der Waals surface area contributed by atoms with Crippen molar-refractivity contribution in [1.82, 2.24) is 10.2 Å². The number of nitrogens with two attached hydrogens (primary N) is 1. The van der Waals surface area contributed by atoms with Crippen LogP contribution in [0.5, 0.6) is 0 Å². The molecule has 0 aliphatic heterocycles. The second-order valence-corrected chi connectivity index (χ2v) is 5.40. The van der Waals surface area contributed by atoms with Crippen molar-refractivity contribution in [2.24, 2.45) is 17.6 Å². The van der Waals surface area contributed by atoms with Crippen molar-refractivity contribution in [2.75, 3.05) is 33.7 Å². The fourth-order valence-corrected chi connectivity index (χ4v) is 2.41. The van der Waals surface area contributed by atoms with E-state index in [1.807, 2.05) is 0 Å². The Morgan fingerprint density at radius 3 is 2.47 bits per heavy atom. The normalized spacial score (nSPS) is 24.9. The Balaban J connectivity index is 2.12. The quantitative estimate of drug-likeness (QED) is 0.677. The third-order valence-corrected chi connectivity index (χ3v) is 3.63. The predicted molar refractivity (Wildman–Crippen MR) is 70.7 cm³/mol. The monoisotopic (exact) mass is 241 g/mol. The van der Waals surface area contributed by atoms with Gasteiger partial charge in [-0.3, -0.25) is 4.79 Å². The van der Waals surface area contributed by atoms with Crippen molar-refractivity contribution in [3.63, 3.8) is 0 Å². The van der Waals surface area contributed by atoms with Crippen molar-refractivity contribution < 1.29 is 4.79 Å². The minimum Gasteiger partial charge on any atom is -0.356 e. The van der Waals surface area contributed by atoms with E-state index in [1.54, 1.807) is 0 Å². The van der Waals surface area contributed by atoms with Gasteiger partial charge in [-0.05, 0) is 65.2 Å². The molecule has 0 atom stereocenters. The first-order valence-corrected chi connectivity index (χ1v) is 6.76. The van der Waals surface area contributed by atoms with Gasteiger partial charge in [-0.25, -0.2) is 0 Å². The topological polar surface area (TPSA) is 58.4 Å². The number of carbonyl (C=O) groups is 1. The average Bonchev–Trinajstić information content (AvgIpc) is 2.34. The SMILES string of the molecule is CN(C)CCCNC(=O)C1CCC(CN)CC1. The highest BCUT2D eigenvalue weighted by molar-refractivity contribution is 5.78. The Kier molecular flexibility index (Phi) is 6.52. The van der Waals surface area contributed by atoms with Crippen LogP contribution < -0.4 is 11.1 Å². The highest BCUT2D eigenvalue weighted by Crippen LogP contribution is 2.27. The Labute approximate surface area is 105 Å². The maximum absolute atomic E-state index is 11.9. The van der Waals surface area contributed by atoms with Gasteiger partial charge >= 0.3 is 0 Å². The zero-order valence-electron chi connectivity index (χ0n) is 11.2. The number of hydrogen-bond donors (Lipinski definition) is 2. The van der Waals surface area contributed by atoms with E-state index in [0.717, 1.165) is 51.7 Å². The van der Waals surface area contributed by atoms with Gasteiger partial charge in [0.2, 0.25) is 5.91 Å². The van der Waals surface area contributed by atoms with E-state index in [9.17, 15) is 4.79 Å².